The van der Waals surface area contributed by atoms with Crippen molar-refractivity contribution in [2.45, 2.75) is 45.2 Å². The molecule has 3 unspecified atom stereocenters. The van der Waals surface area contributed by atoms with Crippen LogP contribution in [0.3, 0.4) is 0 Å². The summed E-state index contributed by atoms with van der Waals surface area (Å²) in [5.41, 5.74) is 1.19. The maximum atomic E-state index is 9.57. The number of hydrogen-bond donors (Lipinski definition) is 2. The molecule has 2 nitrogen and oxygen atoms in total. The summed E-state index contributed by atoms with van der Waals surface area (Å²) in [6, 6.07) is 10.9. The Hall–Kier alpha value is -0.860. The molecule has 1 aromatic rings. The minimum Gasteiger partial charge on any atom is -0.394 e. The predicted molar refractivity (Wildman–Crippen MR) is 75.4 cm³/mol. The van der Waals surface area contributed by atoms with Gasteiger partial charge >= 0.3 is 0 Å². The van der Waals surface area contributed by atoms with Gasteiger partial charge in [-0.2, -0.15) is 0 Å². The summed E-state index contributed by atoms with van der Waals surface area (Å²) < 4.78 is 0. The molecule has 1 aliphatic carbocycles. The second kappa shape index (κ2) is 6.35. The van der Waals surface area contributed by atoms with Crippen molar-refractivity contribution in [2.24, 2.45) is 11.8 Å². The van der Waals surface area contributed by atoms with Gasteiger partial charge in [-0.3, -0.25) is 0 Å². The van der Waals surface area contributed by atoms with E-state index in [2.05, 4.69) is 31.3 Å². The molecule has 0 radical (unpaired) electrons. The smallest absolute Gasteiger partial charge is 0.0626 e. The number of rotatable bonds is 4. The molecule has 1 aromatic carbocycles. The van der Waals surface area contributed by atoms with Gasteiger partial charge in [0.15, 0.2) is 0 Å². The van der Waals surface area contributed by atoms with E-state index < -0.39 is 0 Å². The molecular weight excluding hydrogens is 222 g/mol. The Morgan fingerprint density at radius 1 is 1.17 bits per heavy atom. The Bertz CT molecular complexity index is 351. The van der Waals surface area contributed by atoms with Crippen LogP contribution in [0.15, 0.2) is 30.3 Å². The molecule has 18 heavy (non-hydrogen) atoms. The zero-order chi connectivity index (χ0) is 13.0. The van der Waals surface area contributed by atoms with E-state index in [0.29, 0.717) is 6.04 Å². The van der Waals surface area contributed by atoms with Crippen molar-refractivity contribution in [1.29, 1.82) is 0 Å². The van der Waals surface area contributed by atoms with Crippen molar-refractivity contribution < 1.29 is 5.11 Å². The maximum absolute atomic E-state index is 9.57. The fourth-order valence-corrected chi connectivity index (χ4v) is 2.92. The highest BCUT2D eigenvalue weighted by atomic mass is 16.3. The van der Waals surface area contributed by atoms with Crippen LogP contribution in [0.5, 0.6) is 0 Å². The van der Waals surface area contributed by atoms with Crippen molar-refractivity contribution in [3.05, 3.63) is 35.9 Å². The average molecular weight is 247 g/mol. The van der Waals surface area contributed by atoms with E-state index in [1.54, 1.807) is 0 Å². The van der Waals surface area contributed by atoms with Crippen LogP contribution in [0.1, 0.15) is 44.7 Å². The first-order valence-corrected chi connectivity index (χ1v) is 7.12. The molecule has 2 N–H and O–H groups in total. The summed E-state index contributed by atoms with van der Waals surface area (Å²) in [5, 5.41) is 13.2. The molecule has 4 atom stereocenters. The fourth-order valence-electron chi connectivity index (χ4n) is 2.92. The van der Waals surface area contributed by atoms with Crippen LogP contribution < -0.4 is 5.32 Å². The highest BCUT2D eigenvalue weighted by molar-refractivity contribution is 5.19. The summed E-state index contributed by atoms with van der Waals surface area (Å²) in [5.74, 6) is 1.62. The second-order valence-corrected chi connectivity index (χ2v) is 5.78. The zero-order valence-electron chi connectivity index (χ0n) is 11.5. The Balaban J connectivity index is 1.95. The van der Waals surface area contributed by atoms with Gasteiger partial charge in [0.25, 0.3) is 0 Å². The highest BCUT2D eigenvalue weighted by Gasteiger charge is 2.26. The molecule has 0 bridgehead atoms. The van der Waals surface area contributed by atoms with Gasteiger partial charge in [0.2, 0.25) is 0 Å². The van der Waals surface area contributed by atoms with Gasteiger partial charge < -0.3 is 10.4 Å². The van der Waals surface area contributed by atoms with Crippen molar-refractivity contribution in [3.8, 4) is 0 Å². The van der Waals surface area contributed by atoms with Gasteiger partial charge in [-0.15, -0.1) is 0 Å². The van der Waals surface area contributed by atoms with Crippen molar-refractivity contribution >= 4 is 0 Å². The number of aliphatic hydroxyl groups is 1. The normalized spacial score (nSPS) is 30.1. The van der Waals surface area contributed by atoms with Gasteiger partial charge in [0, 0.05) is 6.04 Å². The Morgan fingerprint density at radius 3 is 2.50 bits per heavy atom. The molecule has 1 fully saturated rings. The zero-order valence-corrected chi connectivity index (χ0v) is 11.5. The Morgan fingerprint density at radius 2 is 1.89 bits per heavy atom. The molecule has 0 aliphatic heterocycles. The van der Waals surface area contributed by atoms with Crippen LogP contribution in [0.25, 0.3) is 0 Å². The number of benzene rings is 1. The van der Waals surface area contributed by atoms with Gasteiger partial charge in [0.05, 0.1) is 12.6 Å². The van der Waals surface area contributed by atoms with Crippen LogP contribution in [0.2, 0.25) is 0 Å². The van der Waals surface area contributed by atoms with Crippen molar-refractivity contribution in [1.82, 2.24) is 5.32 Å². The minimum atomic E-state index is 0.0804. The van der Waals surface area contributed by atoms with E-state index in [4.69, 9.17) is 0 Å². The first-order chi connectivity index (χ1) is 8.70. The first-order valence-electron chi connectivity index (χ1n) is 7.12. The monoisotopic (exact) mass is 247 g/mol. The molecule has 1 aliphatic rings. The lowest BCUT2D eigenvalue weighted by Gasteiger charge is -2.34. The van der Waals surface area contributed by atoms with E-state index in [0.717, 1.165) is 11.8 Å². The SMILES string of the molecule is CC1CCC(N[C@H](CO)c2ccccc2)CC1C. The lowest BCUT2D eigenvalue weighted by molar-refractivity contribution is 0.183. The van der Waals surface area contributed by atoms with E-state index in [1.807, 2.05) is 18.2 Å². The summed E-state index contributed by atoms with van der Waals surface area (Å²) in [6.45, 7) is 4.86. The fraction of sp³-hybridized carbons (Fsp3) is 0.625. The van der Waals surface area contributed by atoms with E-state index in [9.17, 15) is 5.11 Å². The average Bonchev–Trinajstić information content (AvgIpc) is 2.41. The quantitative estimate of drug-likeness (QED) is 0.856. The number of hydrogen-bond acceptors (Lipinski definition) is 2. The Kier molecular flexibility index (Phi) is 4.79. The molecule has 0 heterocycles. The maximum Gasteiger partial charge on any atom is 0.0626 e. The van der Waals surface area contributed by atoms with Gasteiger partial charge in [-0.25, -0.2) is 0 Å². The molecule has 0 saturated heterocycles. The van der Waals surface area contributed by atoms with Crippen LogP contribution in [0.4, 0.5) is 0 Å². The lowest BCUT2D eigenvalue weighted by Crippen LogP contribution is -2.39. The molecule has 0 spiro atoms. The lowest BCUT2D eigenvalue weighted by atomic mass is 9.79. The summed E-state index contributed by atoms with van der Waals surface area (Å²) in [6.07, 6.45) is 3.76. The molecule has 100 valence electrons. The number of aliphatic hydroxyl groups excluding tert-OH is 1. The van der Waals surface area contributed by atoms with Crippen LogP contribution in [-0.2, 0) is 0 Å². The first kappa shape index (κ1) is 13.6. The Labute approximate surface area is 110 Å². The van der Waals surface area contributed by atoms with Crippen molar-refractivity contribution in [3.63, 3.8) is 0 Å². The molecular formula is C16H25NO. The predicted octanol–water partition coefficient (Wildman–Crippen LogP) is 3.13. The van der Waals surface area contributed by atoms with Crippen molar-refractivity contribution in [2.75, 3.05) is 6.61 Å². The van der Waals surface area contributed by atoms with E-state index in [-0.39, 0.29) is 12.6 Å². The van der Waals surface area contributed by atoms with Gasteiger partial charge in [-0.05, 0) is 36.7 Å². The standard InChI is InChI=1S/C16H25NO/c1-12-8-9-15(10-13(12)2)17-16(11-18)14-6-4-3-5-7-14/h3-7,12-13,15-18H,8-11H2,1-2H3/t12?,13?,15?,16-/m1/s1. The summed E-state index contributed by atoms with van der Waals surface area (Å²) in [4.78, 5) is 0. The van der Waals surface area contributed by atoms with Crippen LogP contribution in [-0.4, -0.2) is 17.8 Å². The highest BCUT2D eigenvalue weighted by Crippen LogP contribution is 2.30. The molecule has 2 heteroatoms. The second-order valence-electron chi connectivity index (χ2n) is 5.78. The van der Waals surface area contributed by atoms with Gasteiger partial charge in [-0.1, -0.05) is 44.2 Å². The largest absolute Gasteiger partial charge is 0.394 e. The van der Waals surface area contributed by atoms with Crippen LogP contribution in [0, 0.1) is 11.8 Å². The van der Waals surface area contributed by atoms with E-state index >= 15 is 0 Å². The third-order valence-corrected chi connectivity index (χ3v) is 4.42. The van der Waals surface area contributed by atoms with E-state index in [1.165, 1.54) is 24.8 Å². The molecule has 0 amide bonds. The molecule has 1 saturated carbocycles. The summed E-state index contributed by atoms with van der Waals surface area (Å²) in [7, 11) is 0. The summed E-state index contributed by atoms with van der Waals surface area (Å²) >= 11 is 0. The third kappa shape index (κ3) is 3.33. The number of nitrogens with one attached hydrogen (secondary N) is 1. The minimum absolute atomic E-state index is 0.0804. The molecule has 0 aromatic heterocycles. The molecule has 2 rings (SSSR count). The van der Waals surface area contributed by atoms with Crippen LogP contribution >= 0.6 is 0 Å². The van der Waals surface area contributed by atoms with Gasteiger partial charge in [0.1, 0.15) is 0 Å². The topological polar surface area (TPSA) is 32.3 Å². The third-order valence-electron chi connectivity index (χ3n) is 4.42.